The molecule has 2 rings (SSSR count). The standard InChI is InChI=1S/C19H22ClNO2/c1-13(11-15-7-9-16(23-3)10-8-15)12-19(22)21-18-6-4-5-17(20)14(18)2/h4-10,13H,11-12H2,1-3H3,(H,21,22)/t13-/m0/s1. The highest BCUT2D eigenvalue weighted by Gasteiger charge is 2.12. The van der Waals surface area contributed by atoms with E-state index < -0.39 is 0 Å². The molecule has 0 spiro atoms. The van der Waals surface area contributed by atoms with Crippen LogP contribution in [0.1, 0.15) is 24.5 Å². The Balaban J connectivity index is 1.90. The molecule has 1 N–H and O–H groups in total. The summed E-state index contributed by atoms with van der Waals surface area (Å²) >= 11 is 6.07. The zero-order valence-electron chi connectivity index (χ0n) is 13.7. The smallest absolute Gasteiger partial charge is 0.224 e. The van der Waals surface area contributed by atoms with Gasteiger partial charge in [0.05, 0.1) is 7.11 Å². The van der Waals surface area contributed by atoms with Crippen molar-refractivity contribution in [2.75, 3.05) is 12.4 Å². The predicted molar refractivity (Wildman–Crippen MR) is 95.3 cm³/mol. The van der Waals surface area contributed by atoms with E-state index in [1.54, 1.807) is 7.11 Å². The maximum Gasteiger partial charge on any atom is 0.224 e. The molecule has 0 bridgehead atoms. The van der Waals surface area contributed by atoms with Gasteiger partial charge in [-0.1, -0.05) is 36.7 Å². The van der Waals surface area contributed by atoms with Crippen molar-refractivity contribution >= 4 is 23.2 Å². The van der Waals surface area contributed by atoms with Crippen molar-refractivity contribution in [1.82, 2.24) is 0 Å². The van der Waals surface area contributed by atoms with Crippen molar-refractivity contribution in [2.24, 2.45) is 5.92 Å². The SMILES string of the molecule is COc1ccc(C[C@H](C)CC(=O)Nc2cccc(Cl)c2C)cc1. The van der Waals surface area contributed by atoms with Crippen LogP contribution in [0.3, 0.4) is 0 Å². The Morgan fingerprint density at radius 3 is 2.57 bits per heavy atom. The van der Waals surface area contributed by atoms with Gasteiger partial charge in [-0.25, -0.2) is 0 Å². The second-order valence-corrected chi connectivity index (χ2v) is 6.23. The molecule has 1 atom stereocenters. The van der Waals surface area contributed by atoms with Crippen LogP contribution < -0.4 is 10.1 Å². The van der Waals surface area contributed by atoms with E-state index in [1.807, 2.05) is 49.4 Å². The van der Waals surface area contributed by atoms with Crippen LogP contribution in [0.25, 0.3) is 0 Å². The lowest BCUT2D eigenvalue weighted by molar-refractivity contribution is -0.116. The van der Waals surface area contributed by atoms with Crippen molar-refractivity contribution in [3.63, 3.8) is 0 Å². The lowest BCUT2D eigenvalue weighted by Gasteiger charge is -2.13. The van der Waals surface area contributed by atoms with E-state index in [0.29, 0.717) is 11.4 Å². The molecule has 0 saturated heterocycles. The Kier molecular flexibility index (Phi) is 6.05. The second kappa shape index (κ2) is 8.02. The van der Waals surface area contributed by atoms with Crippen molar-refractivity contribution in [3.8, 4) is 5.75 Å². The first-order valence-electron chi connectivity index (χ1n) is 7.67. The lowest BCUT2D eigenvalue weighted by atomic mass is 9.97. The molecule has 0 aromatic heterocycles. The van der Waals surface area contributed by atoms with Crippen molar-refractivity contribution < 1.29 is 9.53 Å². The highest BCUT2D eigenvalue weighted by Crippen LogP contribution is 2.23. The number of halogens is 1. The highest BCUT2D eigenvalue weighted by molar-refractivity contribution is 6.31. The molecule has 0 heterocycles. The van der Waals surface area contributed by atoms with Crippen LogP contribution in [0.2, 0.25) is 5.02 Å². The van der Waals surface area contributed by atoms with Gasteiger partial charge < -0.3 is 10.1 Å². The largest absolute Gasteiger partial charge is 0.497 e. The molecule has 0 unspecified atom stereocenters. The molecule has 0 aliphatic heterocycles. The molecule has 0 saturated carbocycles. The number of hydrogen-bond acceptors (Lipinski definition) is 2. The van der Waals surface area contributed by atoms with Crippen LogP contribution in [0.15, 0.2) is 42.5 Å². The molecular formula is C19H22ClNO2. The van der Waals surface area contributed by atoms with Gasteiger partial charge in [-0.15, -0.1) is 0 Å². The first-order chi connectivity index (χ1) is 11.0. The minimum absolute atomic E-state index is 0.0105. The van der Waals surface area contributed by atoms with Gasteiger partial charge in [-0.05, 0) is 54.7 Å². The van der Waals surface area contributed by atoms with Crippen LogP contribution in [0.5, 0.6) is 5.75 Å². The van der Waals surface area contributed by atoms with Crippen molar-refractivity contribution in [3.05, 3.63) is 58.6 Å². The molecule has 23 heavy (non-hydrogen) atoms. The number of anilines is 1. The molecule has 1 amide bonds. The fraction of sp³-hybridized carbons (Fsp3) is 0.316. The number of hydrogen-bond donors (Lipinski definition) is 1. The fourth-order valence-electron chi connectivity index (χ4n) is 2.50. The van der Waals surface area contributed by atoms with Gasteiger partial charge in [-0.3, -0.25) is 4.79 Å². The first kappa shape index (κ1) is 17.4. The number of carbonyl (C=O) groups excluding carboxylic acids is 1. The maximum atomic E-state index is 12.2. The van der Waals surface area contributed by atoms with E-state index in [2.05, 4.69) is 12.2 Å². The fourth-order valence-corrected chi connectivity index (χ4v) is 2.67. The van der Waals surface area contributed by atoms with Crippen LogP contribution in [0.4, 0.5) is 5.69 Å². The molecule has 3 nitrogen and oxygen atoms in total. The summed E-state index contributed by atoms with van der Waals surface area (Å²) in [6.07, 6.45) is 1.32. The van der Waals surface area contributed by atoms with Crippen molar-refractivity contribution in [2.45, 2.75) is 26.7 Å². The minimum atomic E-state index is 0.0105. The first-order valence-corrected chi connectivity index (χ1v) is 8.05. The van der Waals surface area contributed by atoms with E-state index in [-0.39, 0.29) is 11.8 Å². The van der Waals surface area contributed by atoms with E-state index in [1.165, 1.54) is 5.56 Å². The van der Waals surface area contributed by atoms with Gasteiger partial charge in [-0.2, -0.15) is 0 Å². The summed E-state index contributed by atoms with van der Waals surface area (Å²) in [5.41, 5.74) is 2.87. The zero-order valence-corrected chi connectivity index (χ0v) is 14.5. The normalized spacial score (nSPS) is 11.8. The Labute approximate surface area is 142 Å². The molecule has 0 aliphatic carbocycles. The summed E-state index contributed by atoms with van der Waals surface area (Å²) in [5.74, 6) is 1.11. The summed E-state index contributed by atoms with van der Waals surface area (Å²) in [4.78, 5) is 12.2. The van der Waals surface area contributed by atoms with Crippen molar-refractivity contribution in [1.29, 1.82) is 0 Å². The van der Waals surface area contributed by atoms with Gasteiger partial charge in [0.15, 0.2) is 0 Å². The monoisotopic (exact) mass is 331 g/mol. The summed E-state index contributed by atoms with van der Waals surface area (Å²) in [6.45, 7) is 3.98. The summed E-state index contributed by atoms with van der Waals surface area (Å²) < 4.78 is 5.15. The zero-order chi connectivity index (χ0) is 16.8. The summed E-state index contributed by atoms with van der Waals surface area (Å²) in [5, 5.41) is 3.60. The number of carbonyl (C=O) groups is 1. The Bertz CT molecular complexity index is 668. The molecule has 122 valence electrons. The number of amides is 1. The summed E-state index contributed by atoms with van der Waals surface area (Å²) in [6, 6.07) is 13.5. The quantitative estimate of drug-likeness (QED) is 0.820. The van der Waals surface area contributed by atoms with Gasteiger partial charge in [0.2, 0.25) is 5.91 Å². The Hall–Kier alpha value is -2.00. The third-order valence-corrected chi connectivity index (χ3v) is 4.23. The third kappa shape index (κ3) is 5.00. The number of ether oxygens (including phenoxy) is 1. The molecule has 4 heteroatoms. The molecular weight excluding hydrogens is 310 g/mol. The van der Waals surface area contributed by atoms with Crippen LogP contribution in [-0.2, 0) is 11.2 Å². The Morgan fingerprint density at radius 1 is 1.22 bits per heavy atom. The molecule has 2 aromatic rings. The number of nitrogens with one attached hydrogen (secondary N) is 1. The van der Waals surface area contributed by atoms with Gasteiger partial charge in [0, 0.05) is 17.1 Å². The lowest BCUT2D eigenvalue weighted by Crippen LogP contribution is -2.17. The third-order valence-electron chi connectivity index (χ3n) is 3.82. The van der Waals surface area contributed by atoms with Gasteiger partial charge in [0.1, 0.15) is 5.75 Å². The van der Waals surface area contributed by atoms with Crippen LogP contribution in [0, 0.1) is 12.8 Å². The molecule has 0 aliphatic rings. The van der Waals surface area contributed by atoms with E-state index in [9.17, 15) is 4.79 Å². The molecule has 2 aromatic carbocycles. The topological polar surface area (TPSA) is 38.3 Å². The highest BCUT2D eigenvalue weighted by atomic mass is 35.5. The minimum Gasteiger partial charge on any atom is -0.497 e. The number of methoxy groups -OCH3 is 1. The maximum absolute atomic E-state index is 12.2. The van der Waals surface area contributed by atoms with E-state index >= 15 is 0 Å². The van der Waals surface area contributed by atoms with E-state index in [0.717, 1.165) is 23.4 Å². The Morgan fingerprint density at radius 2 is 1.91 bits per heavy atom. The predicted octanol–water partition coefficient (Wildman–Crippen LogP) is 4.86. The average molecular weight is 332 g/mol. The number of rotatable bonds is 6. The molecule has 0 radical (unpaired) electrons. The second-order valence-electron chi connectivity index (χ2n) is 5.82. The van der Waals surface area contributed by atoms with Crippen LogP contribution in [-0.4, -0.2) is 13.0 Å². The van der Waals surface area contributed by atoms with Crippen LogP contribution >= 0.6 is 11.6 Å². The molecule has 0 fully saturated rings. The van der Waals surface area contributed by atoms with Gasteiger partial charge in [0.25, 0.3) is 0 Å². The van der Waals surface area contributed by atoms with E-state index in [4.69, 9.17) is 16.3 Å². The van der Waals surface area contributed by atoms with Gasteiger partial charge >= 0.3 is 0 Å². The summed E-state index contributed by atoms with van der Waals surface area (Å²) in [7, 11) is 1.65. The average Bonchev–Trinajstić information content (AvgIpc) is 2.52. The number of benzene rings is 2.